The number of nitrogens with one attached hydrogen (secondary N) is 1. The summed E-state index contributed by atoms with van der Waals surface area (Å²) < 4.78 is 69.8. The lowest BCUT2D eigenvalue weighted by atomic mass is 10.2. The van der Waals surface area contributed by atoms with Crippen molar-refractivity contribution < 1.29 is 31.1 Å². The molecule has 5 nitrogen and oxygen atoms in total. The van der Waals surface area contributed by atoms with Crippen LogP contribution in [0, 0.1) is 17.5 Å². The molecular weight excluding hydrogens is 391 g/mol. The zero-order valence-corrected chi connectivity index (χ0v) is 14.2. The van der Waals surface area contributed by atoms with Crippen molar-refractivity contribution in [3.05, 3.63) is 28.0 Å². The predicted molar refractivity (Wildman–Crippen MR) is 75.0 cm³/mol. The van der Waals surface area contributed by atoms with Gasteiger partial charge in [-0.05, 0) is 42.8 Å². The third kappa shape index (κ3) is 4.68. The highest BCUT2D eigenvalue weighted by atomic mass is 79.9. The molecule has 0 unspecified atom stereocenters. The van der Waals surface area contributed by atoms with Crippen molar-refractivity contribution in [1.29, 1.82) is 0 Å². The molecule has 0 atom stereocenters. The summed E-state index contributed by atoms with van der Waals surface area (Å²) in [4.78, 5) is 10.3. The molecule has 22 heavy (non-hydrogen) atoms. The number of sulfonamides is 1. The van der Waals surface area contributed by atoms with Crippen molar-refractivity contribution in [2.45, 2.75) is 31.3 Å². The second kappa shape index (κ2) is 6.55. The molecule has 0 aliphatic carbocycles. The fraction of sp³-hybridized carbons (Fsp3) is 0.417. The summed E-state index contributed by atoms with van der Waals surface area (Å²) in [6.07, 6.45) is 0. The molecule has 1 rings (SSSR count). The maximum Gasteiger partial charge on any atom is 0.321 e. The molecule has 10 heteroatoms. The maximum absolute atomic E-state index is 13.6. The molecule has 1 aromatic carbocycles. The second-order valence-electron chi connectivity index (χ2n) is 5.21. The maximum atomic E-state index is 13.6. The Hall–Kier alpha value is -1.13. The van der Waals surface area contributed by atoms with Crippen LogP contribution in [-0.4, -0.2) is 26.5 Å². The minimum atomic E-state index is -4.59. The highest BCUT2D eigenvalue weighted by Crippen LogP contribution is 2.28. The lowest BCUT2D eigenvalue weighted by Crippen LogP contribution is -2.35. The fourth-order valence-electron chi connectivity index (χ4n) is 1.40. The minimum absolute atomic E-state index is 0.473. The second-order valence-corrected chi connectivity index (χ2v) is 7.77. The van der Waals surface area contributed by atoms with E-state index < -0.39 is 55.0 Å². The van der Waals surface area contributed by atoms with Crippen LogP contribution in [0.1, 0.15) is 20.8 Å². The highest BCUT2D eigenvalue weighted by Gasteiger charge is 2.28. The molecule has 0 saturated heterocycles. The van der Waals surface area contributed by atoms with Crippen LogP contribution in [-0.2, 0) is 19.6 Å². The van der Waals surface area contributed by atoms with Gasteiger partial charge in [-0.15, -0.1) is 0 Å². The molecule has 0 bridgehead atoms. The number of hydrogen-bond donors (Lipinski definition) is 1. The van der Waals surface area contributed by atoms with Gasteiger partial charge in [0.25, 0.3) is 0 Å². The first-order valence-electron chi connectivity index (χ1n) is 5.89. The number of esters is 1. The highest BCUT2D eigenvalue weighted by molar-refractivity contribution is 9.10. The Morgan fingerprint density at radius 3 is 2.32 bits per heavy atom. The van der Waals surface area contributed by atoms with Crippen molar-refractivity contribution in [2.24, 2.45) is 0 Å². The zero-order valence-electron chi connectivity index (χ0n) is 11.8. The van der Waals surface area contributed by atoms with Crippen LogP contribution in [0.5, 0.6) is 0 Å². The minimum Gasteiger partial charge on any atom is -0.459 e. The smallest absolute Gasteiger partial charge is 0.321 e. The number of ether oxygens (including phenoxy) is 1. The van der Waals surface area contributed by atoms with E-state index in [0.717, 1.165) is 0 Å². The Labute approximate surface area is 134 Å². The Morgan fingerprint density at radius 2 is 1.82 bits per heavy atom. The van der Waals surface area contributed by atoms with Crippen LogP contribution in [0.15, 0.2) is 15.4 Å². The summed E-state index contributed by atoms with van der Waals surface area (Å²) in [6.45, 7) is 3.94. The summed E-state index contributed by atoms with van der Waals surface area (Å²) in [5.41, 5.74) is -0.837. The van der Waals surface area contributed by atoms with Crippen LogP contribution >= 0.6 is 15.9 Å². The summed E-state index contributed by atoms with van der Waals surface area (Å²) in [6, 6.07) is 0.473. The van der Waals surface area contributed by atoms with Crippen molar-refractivity contribution in [1.82, 2.24) is 4.72 Å². The van der Waals surface area contributed by atoms with Crippen LogP contribution in [0.4, 0.5) is 13.2 Å². The van der Waals surface area contributed by atoms with E-state index in [1.807, 2.05) is 0 Å². The van der Waals surface area contributed by atoms with Gasteiger partial charge in [0.05, 0.1) is 0 Å². The topological polar surface area (TPSA) is 72.5 Å². The van der Waals surface area contributed by atoms with E-state index in [1.165, 1.54) is 0 Å². The average Bonchev–Trinajstić information content (AvgIpc) is 2.31. The van der Waals surface area contributed by atoms with Gasteiger partial charge in [-0.2, -0.15) is 4.72 Å². The third-order valence-electron chi connectivity index (χ3n) is 2.17. The van der Waals surface area contributed by atoms with Gasteiger partial charge < -0.3 is 4.74 Å². The Kier molecular flexibility index (Phi) is 5.63. The first kappa shape index (κ1) is 18.9. The van der Waals surface area contributed by atoms with E-state index in [2.05, 4.69) is 15.9 Å². The SMILES string of the molecule is CC(C)(C)OC(=O)CNS(=O)(=O)c1c(Br)cc(F)c(F)c1F. The third-order valence-corrected chi connectivity index (χ3v) is 4.52. The molecule has 1 aromatic rings. The van der Waals surface area contributed by atoms with E-state index in [4.69, 9.17) is 4.74 Å². The average molecular weight is 404 g/mol. The monoisotopic (exact) mass is 403 g/mol. The van der Waals surface area contributed by atoms with E-state index in [-0.39, 0.29) is 0 Å². The first-order valence-corrected chi connectivity index (χ1v) is 8.17. The summed E-state index contributed by atoms with van der Waals surface area (Å²) in [5, 5.41) is 0. The van der Waals surface area contributed by atoms with Crippen molar-refractivity contribution in [3.63, 3.8) is 0 Å². The molecule has 0 aliphatic heterocycles. The molecule has 0 heterocycles. The molecule has 124 valence electrons. The van der Waals surface area contributed by atoms with Gasteiger partial charge in [0.15, 0.2) is 17.5 Å². The van der Waals surface area contributed by atoms with Gasteiger partial charge in [0.2, 0.25) is 10.0 Å². The van der Waals surface area contributed by atoms with E-state index >= 15 is 0 Å². The molecule has 0 aliphatic rings. The van der Waals surface area contributed by atoms with Gasteiger partial charge >= 0.3 is 5.97 Å². The zero-order chi connectivity index (χ0) is 17.3. The van der Waals surface area contributed by atoms with Crippen LogP contribution in [0.25, 0.3) is 0 Å². The van der Waals surface area contributed by atoms with Crippen LogP contribution < -0.4 is 4.72 Å². The normalized spacial score (nSPS) is 12.3. The summed E-state index contributed by atoms with van der Waals surface area (Å²) in [5.74, 6) is -6.27. The number of hydrogen-bond acceptors (Lipinski definition) is 4. The molecule has 0 saturated carbocycles. The standard InChI is InChI=1S/C12H13BrF3NO4S/c1-12(2,3)21-8(18)5-17-22(19,20)11-6(13)4-7(14)9(15)10(11)16/h4,17H,5H2,1-3H3. The molecule has 0 amide bonds. The molecular formula is C12H13BrF3NO4S. The quantitative estimate of drug-likeness (QED) is 0.476. The Morgan fingerprint density at radius 1 is 1.27 bits per heavy atom. The molecule has 0 aromatic heterocycles. The molecule has 1 N–H and O–H groups in total. The van der Waals surface area contributed by atoms with Gasteiger partial charge in [0, 0.05) is 4.47 Å². The number of carbonyl (C=O) groups excluding carboxylic acids is 1. The summed E-state index contributed by atoms with van der Waals surface area (Å²) in [7, 11) is -4.59. The lowest BCUT2D eigenvalue weighted by molar-refractivity contribution is -0.153. The molecule has 0 fully saturated rings. The van der Waals surface area contributed by atoms with Crippen molar-refractivity contribution >= 4 is 31.9 Å². The van der Waals surface area contributed by atoms with E-state index in [0.29, 0.717) is 6.07 Å². The first-order chi connectivity index (χ1) is 9.85. The number of halogens is 4. The number of rotatable bonds is 4. The number of carbonyl (C=O) groups is 1. The summed E-state index contributed by atoms with van der Waals surface area (Å²) >= 11 is 2.64. The number of benzene rings is 1. The van der Waals surface area contributed by atoms with E-state index in [9.17, 15) is 26.4 Å². The van der Waals surface area contributed by atoms with Crippen molar-refractivity contribution in [3.8, 4) is 0 Å². The van der Waals surface area contributed by atoms with Gasteiger partial charge in [-0.3, -0.25) is 4.79 Å². The van der Waals surface area contributed by atoms with Gasteiger partial charge in [-0.25, -0.2) is 21.6 Å². The molecule has 0 radical (unpaired) electrons. The Bertz CT molecular complexity index is 701. The molecule has 0 spiro atoms. The fourth-order valence-corrected chi connectivity index (χ4v) is 3.51. The van der Waals surface area contributed by atoms with Crippen molar-refractivity contribution in [2.75, 3.05) is 6.54 Å². The van der Waals surface area contributed by atoms with Gasteiger partial charge in [-0.1, -0.05) is 0 Å². The largest absolute Gasteiger partial charge is 0.459 e. The lowest BCUT2D eigenvalue weighted by Gasteiger charge is -2.19. The predicted octanol–water partition coefficient (Wildman–Crippen LogP) is 2.49. The van der Waals surface area contributed by atoms with E-state index in [1.54, 1.807) is 25.5 Å². The van der Waals surface area contributed by atoms with Gasteiger partial charge in [0.1, 0.15) is 17.0 Å². The Balaban J connectivity index is 3.02. The van der Waals surface area contributed by atoms with Crippen LogP contribution in [0.2, 0.25) is 0 Å². The van der Waals surface area contributed by atoms with Crippen LogP contribution in [0.3, 0.4) is 0 Å².